The van der Waals surface area contributed by atoms with E-state index in [0.29, 0.717) is 5.41 Å². The summed E-state index contributed by atoms with van der Waals surface area (Å²) in [6, 6.07) is 6.93. The molecule has 0 saturated heterocycles. The SMILES string of the molecule is CCC(C)(C)c1ccc2c(c1)=CCCC=2. The molecular formula is C15H20. The van der Waals surface area contributed by atoms with Crippen LogP contribution in [0.1, 0.15) is 45.6 Å². The molecule has 0 aromatic heterocycles. The monoisotopic (exact) mass is 200 g/mol. The Labute approximate surface area is 92.3 Å². The third kappa shape index (κ3) is 1.99. The van der Waals surface area contributed by atoms with Gasteiger partial charge in [0.05, 0.1) is 0 Å². The minimum Gasteiger partial charge on any atom is -0.0764 e. The second-order valence-corrected chi connectivity index (χ2v) is 5.07. The number of benzene rings is 1. The highest BCUT2D eigenvalue weighted by molar-refractivity contribution is 5.40. The van der Waals surface area contributed by atoms with Crippen LogP contribution >= 0.6 is 0 Å². The van der Waals surface area contributed by atoms with Crippen molar-refractivity contribution in [1.82, 2.24) is 0 Å². The van der Waals surface area contributed by atoms with Crippen molar-refractivity contribution in [3.63, 3.8) is 0 Å². The zero-order chi connectivity index (χ0) is 10.9. The van der Waals surface area contributed by atoms with Gasteiger partial charge >= 0.3 is 0 Å². The number of hydrogen-bond acceptors (Lipinski definition) is 0. The molecule has 1 aliphatic carbocycles. The lowest BCUT2D eigenvalue weighted by molar-refractivity contribution is 0.506. The molecule has 0 nitrogen and oxygen atoms in total. The first-order valence-corrected chi connectivity index (χ1v) is 5.94. The van der Waals surface area contributed by atoms with Crippen LogP contribution in [0.4, 0.5) is 0 Å². The number of hydrogen-bond donors (Lipinski definition) is 0. The normalized spacial score (nSPS) is 15.1. The van der Waals surface area contributed by atoms with Crippen LogP contribution in [0.3, 0.4) is 0 Å². The molecule has 0 radical (unpaired) electrons. The molecule has 15 heavy (non-hydrogen) atoms. The molecule has 1 aliphatic rings. The zero-order valence-electron chi connectivity index (χ0n) is 10.0. The van der Waals surface area contributed by atoms with Crippen LogP contribution in [0.5, 0.6) is 0 Å². The Kier molecular flexibility index (Phi) is 2.68. The second-order valence-electron chi connectivity index (χ2n) is 5.07. The summed E-state index contributed by atoms with van der Waals surface area (Å²) in [5.41, 5.74) is 1.77. The summed E-state index contributed by atoms with van der Waals surface area (Å²) in [5, 5.41) is 2.84. The number of fused-ring (bicyclic) bond motifs is 1. The largest absolute Gasteiger partial charge is 0.0764 e. The average Bonchev–Trinajstić information content (AvgIpc) is 2.28. The van der Waals surface area contributed by atoms with Gasteiger partial charge in [0.15, 0.2) is 0 Å². The van der Waals surface area contributed by atoms with Crippen LogP contribution in [0.15, 0.2) is 18.2 Å². The molecule has 80 valence electrons. The highest BCUT2D eigenvalue weighted by atomic mass is 14.2. The minimum atomic E-state index is 0.306. The van der Waals surface area contributed by atoms with E-state index in [-0.39, 0.29) is 0 Å². The van der Waals surface area contributed by atoms with Gasteiger partial charge in [0, 0.05) is 0 Å². The van der Waals surface area contributed by atoms with E-state index in [0.717, 1.165) is 0 Å². The van der Waals surface area contributed by atoms with Crippen molar-refractivity contribution in [2.75, 3.05) is 0 Å². The van der Waals surface area contributed by atoms with Crippen LogP contribution in [-0.2, 0) is 5.41 Å². The van der Waals surface area contributed by atoms with Crippen LogP contribution in [0.25, 0.3) is 12.2 Å². The topological polar surface area (TPSA) is 0 Å². The summed E-state index contributed by atoms with van der Waals surface area (Å²) in [5.74, 6) is 0. The van der Waals surface area contributed by atoms with Crippen molar-refractivity contribution in [2.45, 2.75) is 45.4 Å². The molecule has 0 aliphatic heterocycles. The van der Waals surface area contributed by atoms with Gasteiger partial charge in [0.25, 0.3) is 0 Å². The summed E-state index contributed by atoms with van der Waals surface area (Å²) >= 11 is 0. The van der Waals surface area contributed by atoms with Crippen LogP contribution in [0, 0.1) is 0 Å². The summed E-state index contributed by atoms with van der Waals surface area (Å²) in [6.45, 7) is 6.90. The molecule has 0 saturated carbocycles. The minimum absolute atomic E-state index is 0.306. The summed E-state index contributed by atoms with van der Waals surface area (Å²) < 4.78 is 0. The predicted octanol–water partition coefficient (Wildman–Crippen LogP) is 2.73. The molecule has 0 unspecified atom stereocenters. The fourth-order valence-corrected chi connectivity index (χ4v) is 2.04. The Hall–Kier alpha value is -1.04. The van der Waals surface area contributed by atoms with Gasteiger partial charge in [-0.25, -0.2) is 0 Å². The van der Waals surface area contributed by atoms with Gasteiger partial charge in [-0.05, 0) is 40.7 Å². The van der Waals surface area contributed by atoms with Crippen molar-refractivity contribution in [3.05, 3.63) is 34.2 Å². The maximum Gasteiger partial charge on any atom is -0.0106 e. The third-order valence-corrected chi connectivity index (χ3v) is 3.65. The van der Waals surface area contributed by atoms with E-state index in [9.17, 15) is 0 Å². The Morgan fingerprint density at radius 3 is 2.40 bits per heavy atom. The summed E-state index contributed by atoms with van der Waals surface area (Å²) in [4.78, 5) is 0. The van der Waals surface area contributed by atoms with Crippen molar-refractivity contribution >= 4 is 12.2 Å². The van der Waals surface area contributed by atoms with E-state index in [1.807, 2.05) is 0 Å². The molecule has 0 heteroatoms. The molecular weight excluding hydrogens is 180 g/mol. The molecule has 1 aromatic carbocycles. The maximum absolute atomic E-state index is 2.37. The molecule has 0 bridgehead atoms. The molecule has 0 atom stereocenters. The van der Waals surface area contributed by atoms with E-state index >= 15 is 0 Å². The first-order chi connectivity index (χ1) is 7.13. The standard InChI is InChI=1S/C15H20/c1-4-15(2,3)14-10-9-12-7-5-6-8-13(12)11-14/h7-11H,4-6H2,1-3H3. The number of rotatable bonds is 2. The van der Waals surface area contributed by atoms with Gasteiger partial charge in [0.2, 0.25) is 0 Å². The van der Waals surface area contributed by atoms with E-state index in [1.165, 1.54) is 35.3 Å². The zero-order valence-corrected chi connectivity index (χ0v) is 10.0. The molecule has 0 heterocycles. The van der Waals surface area contributed by atoms with E-state index in [1.54, 1.807) is 0 Å². The van der Waals surface area contributed by atoms with Crippen LogP contribution < -0.4 is 10.4 Å². The van der Waals surface area contributed by atoms with Crippen molar-refractivity contribution in [2.24, 2.45) is 0 Å². The highest BCUT2D eigenvalue weighted by Crippen LogP contribution is 2.24. The lowest BCUT2D eigenvalue weighted by Crippen LogP contribution is -2.29. The van der Waals surface area contributed by atoms with Gasteiger partial charge in [-0.15, -0.1) is 0 Å². The quantitative estimate of drug-likeness (QED) is 0.688. The Bertz CT molecular complexity index is 463. The Balaban J connectivity index is 2.55. The van der Waals surface area contributed by atoms with Crippen molar-refractivity contribution in [1.29, 1.82) is 0 Å². The first-order valence-electron chi connectivity index (χ1n) is 5.94. The van der Waals surface area contributed by atoms with E-state index in [4.69, 9.17) is 0 Å². The molecule has 0 fully saturated rings. The van der Waals surface area contributed by atoms with E-state index < -0.39 is 0 Å². The lowest BCUT2D eigenvalue weighted by Gasteiger charge is -2.23. The van der Waals surface area contributed by atoms with Gasteiger partial charge in [0.1, 0.15) is 0 Å². The fraction of sp³-hybridized carbons (Fsp3) is 0.467. The van der Waals surface area contributed by atoms with Gasteiger partial charge in [-0.1, -0.05) is 51.1 Å². The van der Waals surface area contributed by atoms with E-state index in [2.05, 4.69) is 51.1 Å². The molecule has 0 N–H and O–H groups in total. The van der Waals surface area contributed by atoms with Crippen LogP contribution in [0.2, 0.25) is 0 Å². The van der Waals surface area contributed by atoms with Gasteiger partial charge < -0.3 is 0 Å². The fourth-order valence-electron chi connectivity index (χ4n) is 2.04. The Morgan fingerprint density at radius 2 is 1.73 bits per heavy atom. The molecule has 0 amide bonds. The average molecular weight is 200 g/mol. The lowest BCUT2D eigenvalue weighted by atomic mass is 9.81. The van der Waals surface area contributed by atoms with Gasteiger partial charge in [-0.2, -0.15) is 0 Å². The third-order valence-electron chi connectivity index (χ3n) is 3.65. The highest BCUT2D eigenvalue weighted by Gasteiger charge is 2.17. The second kappa shape index (κ2) is 3.84. The van der Waals surface area contributed by atoms with Crippen molar-refractivity contribution in [3.8, 4) is 0 Å². The van der Waals surface area contributed by atoms with Crippen molar-refractivity contribution < 1.29 is 0 Å². The molecule has 1 aromatic rings. The predicted molar refractivity (Wildman–Crippen MR) is 67.2 cm³/mol. The van der Waals surface area contributed by atoms with Crippen LogP contribution in [-0.4, -0.2) is 0 Å². The van der Waals surface area contributed by atoms with Gasteiger partial charge in [-0.3, -0.25) is 0 Å². The smallest absolute Gasteiger partial charge is 0.0106 e. The maximum atomic E-state index is 2.37. The first kappa shape index (κ1) is 10.5. The Morgan fingerprint density at radius 1 is 1.07 bits per heavy atom. The summed E-state index contributed by atoms with van der Waals surface area (Å²) in [6.07, 6.45) is 8.30. The summed E-state index contributed by atoms with van der Waals surface area (Å²) in [7, 11) is 0. The molecule has 0 spiro atoms. The molecule has 2 rings (SSSR count).